The fraction of sp³-hybridized carbons (Fsp3) is 0.722. The lowest BCUT2D eigenvalue weighted by Crippen LogP contribution is -2.52. The summed E-state index contributed by atoms with van der Waals surface area (Å²) in [7, 11) is 0. The van der Waals surface area contributed by atoms with Crippen molar-refractivity contribution in [2.24, 2.45) is 0 Å². The molecule has 2 heterocycles. The van der Waals surface area contributed by atoms with Crippen LogP contribution in [0, 0.1) is 0 Å². The molecule has 1 aliphatic carbocycles. The van der Waals surface area contributed by atoms with Gasteiger partial charge in [-0.15, -0.1) is 0 Å². The highest BCUT2D eigenvalue weighted by molar-refractivity contribution is 5.19. The second kappa shape index (κ2) is 6.89. The maximum atomic E-state index is 4.65. The van der Waals surface area contributed by atoms with Gasteiger partial charge in [-0.3, -0.25) is 9.88 Å². The maximum absolute atomic E-state index is 4.65. The predicted octanol–water partition coefficient (Wildman–Crippen LogP) is 3.14. The van der Waals surface area contributed by atoms with Gasteiger partial charge in [-0.05, 0) is 50.4 Å². The molecule has 2 aliphatic rings. The molecule has 0 bridgehead atoms. The summed E-state index contributed by atoms with van der Waals surface area (Å²) in [6, 6.07) is 4.30. The minimum atomic E-state index is 0.385. The summed E-state index contributed by atoms with van der Waals surface area (Å²) in [4.78, 5) is 7.29. The molecule has 1 aromatic heterocycles. The average Bonchev–Trinajstić information content (AvgIpc) is 2.71. The van der Waals surface area contributed by atoms with Gasteiger partial charge < -0.3 is 5.32 Å². The highest BCUT2D eigenvalue weighted by atomic mass is 15.2. The molecule has 1 aliphatic heterocycles. The Labute approximate surface area is 129 Å². The van der Waals surface area contributed by atoms with E-state index in [4.69, 9.17) is 0 Å². The third kappa shape index (κ3) is 3.64. The summed E-state index contributed by atoms with van der Waals surface area (Å²) in [5.74, 6) is 0. The SMILES string of the molecule is CCc1cccnc1CN1CCCNC2(CCCCC2)C1. The molecule has 0 atom stereocenters. The van der Waals surface area contributed by atoms with Gasteiger partial charge in [0.05, 0.1) is 5.69 Å². The van der Waals surface area contributed by atoms with Crippen LogP contribution in [0.1, 0.15) is 56.7 Å². The molecule has 1 spiro atoms. The van der Waals surface area contributed by atoms with Crippen molar-refractivity contribution in [3.8, 4) is 0 Å². The quantitative estimate of drug-likeness (QED) is 0.925. The van der Waals surface area contributed by atoms with Gasteiger partial charge in [0.25, 0.3) is 0 Å². The minimum absolute atomic E-state index is 0.385. The van der Waals surface area contributed by atoms with Gasteiger partial charge in [-0.1, -0.05) is 32.3 Å². The standard InChI is InChI=1S/C18H29N3/c1-2-16-8-6-11-19-17(16)14-21-13-7-12-20-18(15-21)9-4-3-5-10-18/h6,8,11,20H,2-5,7,9-10,12-15H2,1H3. The molecule has 1 aromatic rings. The van der Waals surface area contributed by atoms with Crippen molar-refractivity contribution in [3.05, 3.63) is 29.6 Å². The molecule has 0 amide bonds. The lowest BCUT2D eigenvalue weighted by atomic mass is 9.81. The van der Waals surface area contributed by atoms with Crippen LogP contribution in [0.15, 0.2) is 18.3 Å². The molecule has 3 nitrogen and oxygen atoms in total. The van der Waals surface area contributed by atoms with Gasteiger partial charge in [0.15, 0.2) is 0 Å². The maximum Gasteiger partial charge on any atom is 0.0575 e. The Bertz CT molecular complexity index is 452. The number of hydrogen-bond acceptors (Lipinski definition) is 3. The van der Waals surface area contributed by atoms with Crippen molar-refractivity contribution in [3.63, 3.8) is 0 Å². The number of pyridine rings is 1. The second-order valence-electron chi connectivity index (χ2n) is 6.79. The van der Waals surface area contributed by atoms with Crippen molar-refractivity contribution in [2.45, 2.75) is 64.0 Å². The lowest BCUT2D eigenvalue weighted by molar-refractivity contribution is 0.158. The van der Waals surface area contributed by atoms with Crippen LogP contribution in [0.25, 0.3) is 0 Å². The molecular weight excluding hydrogens is 258 g/mol. The molecule has 1 N–H and O–H groups in total. The zero-order chi connectivity index (χ0) is 14.5. The number of aryl methyl sites for hydroxylation is 1. The van der Waals surface area contributed by atoms with E-state index in [1.165, 1.54) is 69.4 Å². The van der Waals surface area contributed by atoms with E-state index in [-0.39, 0.29) is 0 Å². The third-order valence-electron chi connectivity index (χ3n) is 5.23. The molecule has 0 radical (unpaired) electrons. The summed E-state index contributed by atoms with van der Waals surface area (Å²) < 4.78 is 0. The topological polar surface area (TPSA) is 28.2 Å². The van der Waals surface area contributed by atoms with Gasteiger partial charge in [-0.25, -0.2) is 0 Å². The molecule has 1 saturated carbocycles. The molecule has 2 fully saturated rings. The number of rotatable bonds is 3. The van der Waals surface area contributed by atoms with Gasteiger partial charge in [0, 0.05) is 24.8 Å². The van der Waals surface area contributed by atoms with Crippen LogP contribution in [0.5, 0.6) is 0 Å². The monoisotopic (exact) mass is 287 g/mol. The van der Waals surface area contributed by atoms with Crippen LogP contribution >= 0.6 is 0 Å². The van der Waals surface area contributed by atoms with E-state index in [1.54, 1.807) is 0 Å². The van der Waals surface area contributed by atoms with Crippen LogP contribution < -0.4 is 5.32 Å². The molecule has 3 rings (SSSR count). The Morgan fingerprint density at radius 1 is 1.24 bits per heavy atom. The Kier molecular flexibility index (Phi) is 4.91. The van der Waals surface area contributed by atoms with E-state index in [9.17, 15) is 0 Å². The second-order valence-corrected chi connectivity index (χ2v) is 6.79. The number of nitrogens with one attached hydrogen (secondary N) is 1. The molecule has 0 aromatic carbocycles. The Hall–Kier alpha value is -0.930. The fourth-order valence-electron chi connectivity index (χ4n) is 4.06. The van der Waals surface area contributed by atoms with Gasteiger partial charge in [-0.2, -0.15) is 0 Å². The number of nitrogens with zero attached hydrogens (tertiary/aromatic N) is 2. The summed E-state index contributed by atoms with van der Waals surface area (Å²) in [6.07, 6.45) is 11.2. The van der Waals surface area contributed by atoms with E-state index in [0.717, 1.165) is 13.0 Å². The minimum Gasteiger partial charge on any atom is -0.310 e. The zero-order valence-electron chi connectivity index (χ0n) is 13.4. The molecule has 1 saturated heterocycles. The first-order valence-electron chi connectivity index (χ1n) is 8.71. The fourth-order valence-corrected chi connectivity index (χ4v) is 4.06. The molecule has 21 heavy (non-hydrogen) atoms. The van der Waals surface area contributed by atoms with Crippen molar-refractivity contribution in [2.75, 3.05) is 19.6 Å². The van der Waals surface area contributed by atoms with Crippen molar-refractivity contribution < 1.29 is 0 Å². The smallest absolute Gasteiger partial charge is 0.0575 e. The van der Waals surface area contributed by atoms with E-state index in [1.807, 2.05) is 6.20 Å². The highest BCUT2D eigenvalue weighted by Crippen LogP contribution is 2.30. The van der Waals surface area contributed by atoms with Crippen LogP contribution in [0.4, 0.5) is 0 Å². The first-order valence-corrected chi connectivity index (χ1v) is 8.71. The van der Waals surface area contributed by atoms with Crippen LogP contribution in [-0.4, -0.2) is 35.1 Å². The van der Waals surface area contributed by atoms with Crippen molar-refractivity contribution >= 4 is 0 Å². The normalized spacial score (nSPS) is 23.1. The molecular formula is C18H29N3. The number of aromatic nitrogens is 1. The van der Waals surface area contributed by atoms with Crippen LogP contribution in [-0.2, 0) is 13.0 Å². The largest absolute Gasteiger partial charge is 0.310 e. The molecule has 0 unspecified atom stereocenters. The lowest BCUT2D eigenvalue weighted by Gasteiger charge is -2.40. The summed E-state index contributed by atoms with van der Waals surface area (Å²) >= 11 is 0. The zero-order valence-corrected chi connectivity index (χ0v) is 13.4. The first kappa shape index (κ1) is 15.0. The predicted molar refractivity (Wildman–Crippen MR) is 87.3 cm³/mol. The van der Waals surface area contributed by atoms with Crippen LogP contribution in [0.2, 0.25) is 0 Å². The van der Waals surface area contributed by atoms with Gasteiger partial charge in [0.2, 0.25) is 0 Å². The molecule has 3 heteroatoms. The Balaban J connectivity index is 1.71. The Morgan fingerprint density at radius 3 is 2.90 bits per heavy atom. The van der Waals surface area contributed by atoms with Crippen LogP contribution in [0.3, 0.4) is 0 Å². The van der Waals surface area contributed by atoms with E-state index >= 15 is 0 Å². The third-order valence-corrected chi connectivity index (χ3v) is 5.23. The Morgan fingerprint density at radius 2 is 2.10 bits per heavy atom. The summed E-state index contributed by atoms with van der Waals surface area (Å²) in [6.45, 7) is 6.83. The van der Waals surface area contributed by atoms with Gasteiger partial charge in [0.1, 0.15) is 0 Å². The molecule has 116 valence electrons. The van der Waals surface area contributed by atoms with Gasteiger partial charge >= 0.3 is 0 Å². The summed E-state index contributed by atoms with van der Waals surface area (Å²) in [5, 5.41) is 3.88. The number of hydrogen-bond donors (Lipinski definition) is 1. The van der Waals surface area contributed by atoms with E-state index in [2.05, 4.69) is 34.3 Å². The van der Waals surface area contributed by atoms with E-state index < -0.39 is 0 Å². The van der Waals surface area contributed by atoms with Crippen molar-refractivity contribution in [1.82, 2.24) is 15.2 Å². The van der Waals surface area contributed by atoms with E-state index in [0.29, 0.717) is 5.54 Å². The first-order chi connectivity index (χ1) is 10.3. The average molecular weight is 287 g/mol. The van der Waals surface area contributed by atoms with Crippen molar-refractivity contribution in [1.29, 1.82) is 0 Å². The summed E-state index contributed by atoms with van der Waals surface area (Å²) in [5.41, 5.74) is 3.08. The highest BCUT2D eigenvalue weighted by Gasteiger charge is 2.34.